The minimum absolute atomic E-state index is 0.0436. The molecule has 0 fully saturated rings. The second-order valence-electron chi connectivity index (χ2n) is 4.76. The number of aromatic amines is 1. The molecule has 23 heavy (non-hydrogen) atoms. The lowest BCUT2D eigenvalue weighted by Crippen LogP contribution is -2.07. The molecular weight excluding hydrogens is 296 g/mol. The lowest BCUT2D eigenvalue weighted by atomic mass is 10.1. The van der Waals surface area contributed by atoms with Crippen molar-refractivity contribution in [2.75, 3.05) is 5.32 Å². The highest BCUT2D eigenvalue weighted by Gasteiger charge is 2.13. The number of carbonyl (C=O) groups excluding carboxylic acids is 1. The summed E-state index contributed by atoms with van der Waals surface area (Å²) < 4.78 is 0. The Morgan fingerprint density at radius 2 is 2.09 bits per heavy atom. The van der Waals surface area contributed by atoms with Crippen molar-refractivity contribution in [3.8, 4) is 11.3 Å². The second kappa shape index (κ2) is 5.72. The van der Waals surface area contributed by atoms with Crippen molar-refractivity contribution in [3.63, 3.8) is 0 Å². The van der Waals surface area contributed by atoms with Crippen molar-refractivity contribution >= 4 is 28.5 Å². The Kier molecular flexibility index (Phi) is 3.60. The number of nitrogens with one attached hydrogen (secondary N) is 2. The van der Waals surface area contributed by atoms with Crippen molar-refractivity contribution in [2.24, 2.45) is 0 Å². The van der Waals surface area contributed by atoms with E-state index in [-0.39, 0.29) is 11.6 Å². The van der Waals surface area contributed by atoms with Gasteiger partial charge in [0.1, 0.15) is 0 Å². The molecule has 2 heterocycles. The Morgan fingerprint density at radius 1 is 1.26 bits per heavy atom. The van der Waals surface area contributed by atoms with Crippen LogP contribution in [-0.2, 0) is 4.79 Å². The zero-order chi connectivity index (χ0) is 16.4. The number of carboxylic acids is 1. The van der Waals surface area contributed by atoms with Gasteiger partial charge in [-0.2, -0.15) is 5.10 Å². The zero-order valence-corrected chi connectivity index (χ0v) is 11.9. The first-order chi connectivity index (χ1) is 11.1. The van der Waals surface area contributed by atoms with Gasteiger partial charge in [0, 0.05) is 22.8 Å². The van der Waals surface area contributed by atoms with Gasteiger partial charge in [0.25, 0.3) is 0 Å². The Bertz CT molecular complexity index is 930. The molecule has 0 aliphatic carbocycles. The van der Waals surface area contributed by atoms with E-state index in [1.165, 1.54) is 6.08 Å². The first kappa shape index (κ1) is 14.5. The number of carbonyl (C=O) groups is 2. The molecule has 7 heteroatoms. The summed E-state index contributed by atoms with van der Waals surface area (Å²) in [7, 11) is 0. The molecule has 3 rings (SSSR count). The van der Waals surface area contributed by atoms with Crippen LogP contribution in [0.25, 0.3) is 22.2 Å². The predicted molar refractivity (Wildman–Crippen MR) is 85.1 cm³/mol. The van der Waals surface area contributed by atoms with Crippen molar-refractivity contribution in [1.29, 1.82) is 0 Å². The maximum atomic E-state index is 11.4. The standard InChI is InChI=1S/C16H12N4O3/c1-2-14(21)18-10-5-6-17-13(8-10)9-3-4-12-11(7-9)15(16(22)23)20-19-12/h2-8H,1H2,(H,19,20)(H,22,23)(H,17,18,21). The van der Waals surface area contributed by atoms with E-state index in [1.54, 1.807) is 36.5 Å². The summed E-state index contributed by atoms with van der Waals surface area (Å²) in [5.74, 6) is -1.42. The molecule has 3 aromatic rings. The van der Waals surface area contributed by atoms with E-state index in [1.807, 2.05) is 0 Å². The Morgan fingerprint density at radius 3 is 2.83 bits per heavy atom. The molecule has 0 aliphatic rings. The van der Waals surface area contributed by atoms with Gasteiger partial charge in [-0.3, -0.25) is 14.9 Å². The maximum absolute atomic E-state index is 11.4. The minimum Gasteiger partial charge on any atom is -0.476 e. The number of benzene rings is 1. The average molecular weight is 308 g/mol. The van der Waals surface area contributed by atoms with Crippen LogP contribution in [0.1, 0.15) is 10.5 Å². The molecule has 0 atom stereocenters. The number of anilines is 1. The van der Waals surface area contributed by atoms with Gasteiger partial charge in [-0.05, 0) is 30.3 Å². The monoisotopic (exact) mass is 308 g/mol. The fraction of sp³-hybridized carbons (Fsp3) is 0. The van der Waals surface area contributed by atoms with E-state index in [4.69, 9.17) is 5.11 Å². The van der Waals surface area contributed by atoms with Crippen molar-refractivity contribution in [2.45, 2.75) is 0 Å². The highest BCUT2D eigenvalue weighted by molar-refractivity contribution is 6.02. The van der Waals surface area contributed by atoms with Crippen LogP contribution in [-0.4, -0.2) is 32.2 Å². The molecule has 0 bridgehead atoms. The topological polar surface area (TPSA) is 108 Å². The summed E-state index contributed by atoms with van der Waals surface area (Å²) in [4.78, 5) is 26.8. The first-order valence-electron chi connectivity index (χ1n) is 6.70. The Balaban J connectivity index is 2.04. The quantitative estimate of drug-likeness (QED) is 0.642. The number of pyridine rings is 1. The summed E-state index contributed by atoms with van der Waals surface area (Å²) in [6.45, 7) is 3.40. The second-order valence-corrected chi connectivity index (χ2v) is 4.76. The number of carboxylic acid groups (broad SMARTS) is 1. The molecule has 2 aromatic heterocycles. The molecule has 0 saturated carbocycles. The first-order valence-corrected chi connectivity index (χ1v) is 6.70. The largest absolute Gasteiger partial charge is 0.476 e. The molecule has 0 radical (unpaired) electrons. The minimum atomic E-state index is -1.10. The summed E-state index contributed by atoms with van der Waals surface area (Å²) in [5, 5.41) is 18.8. The van der Waals surface area contributed by atoms with Gasteiger partial charge in [-0.15, -0.1) is 0 Å². The van der Waals surface area contributed by atoms with Crippen molar-refractivity contribution in [1.82, 2.24) is 15.2 Å². The van der Waals surface area contributed by atoms with E-state index in [0.717, 1.165) is 5.56 Å². The molecule has 0 unspecified atom stereocenters. The van der Waals surface area contributed by atoms with E-state index >= 15 is 0 Å². The predicted octanol–water partition coefficient (Wildman–Crippen LogP) is 2.45. The molecule has 0 aliphatic heterocycles. The van der Waals surface area contributed by atoms with Crippen LogP contribution in [0.5, 0.6) is 0 Å². The normalized spacial score (nSPS) is 10.4. The molecule has 114 valence electrons. The van der Waals surface area contributed by atoms with Crippen LogP contribution in [0.2, 0.25) is 0 Å². The van der Waals surface area contributed by atoms with Gasteiger partial charge < -0.3 is 10.4 Å². The number of H-pyrrole nitrogens is 1. The van der Waals surface area contributed by atoms with Gasteiger partial charge in [0.05, 0.1) is 11.2 Å². The highest BCUT2D eigenvalue weighted by atomic mass is 16.4. The summed E-state index contributed by atoms with van der Waals surface area (Å²) >= 11 is 0. The van der Waals surface area contributed by atoms with Gasteiger partial charge in [-0.1, -0.05) is 12.6 Å². The Labute approximate surface area is 130 Å². The van der Waals surface area contributed by atoms with E-state index < -0.39 is 5.97 Å². The van der Waals surface area contributed by atoms with Crippen LogP contribution in [0, 0.1) is 0 Å². The molecule has 1 aromatic carbocycles. The number of hydrogen-bond acceptors (Lipinski definition) is 4. The summed E-state index contributed by atoms with van der Waals surface area (Å²) in [6, 6.07) is 8.59. The number of aromatic nitrogens is 3. The summed E-state index contributed by atoms with van der Waals surface area (Å²) in [6.07, 6.45) is 2.74. The van der Waals surface area contributed by atoms with Gasteiger partial charge in [0.2, 0.25) is 5.91 Å². The number of rotatable bonds is 4. The fourth-order valence-corrected chi connectivity index (χ4v) is 2.20. The van der Waals surface area contributed by atoms with E-state index in [0.29, 0.717) is 22.3 Å². The van der Waals surface area contributed by atoms with Crippen LogP contribution in [0.3, 0.4) is 0 Å². The number of nitrogens with zero attached hydrogens (tertiary/aromatic N) is 2. The molecular formula is C16H12N4O3. The maximum Gasteiger partial charge on any atom is 0.357 e. The van der Waals surface area contributed by atoms with E-state index in [9.17, 15) is 9.59 Å². The smallest absolute Gasteiger partial charge is 0.357 e. The fourth-order valence-electron chi connectivity index (χ4n) is 2.20. The van der Waals surface area contributed by atoms with Crippen molar-refractivity contribution in [3.05, 3.63) is 54.9 Å². The number of hydrogen-bond donors (Lipinski definition) is 3. The molecule has 7 nitrogen and oxygen atoms in total. The molecule has 3 N–H and O–H groups in total. The van der Waals surface area contributed by atoms with Crippen LogP contribution >= 0.6 is 0 Å². The lowest BCUT2D eigenvalue weighted by Gasteiger charge is -2.05. The number of fused-ring (bicyclic) bond motifs is 1. The molecule has 1 amide bonds. The summed E-state index contributed by atoms with van der Waals surface area (Å²) in [5.41, 5.74) is 2.48. The molecule has 0 saturated heterocycles. The third kappa shape index (κ3) is 2.80. The number of amides is 1. The van der Waals surface area contributed by atoms with Crippen LogP contribution in [0.15, 0.2) is 49.2 Å². The third-order valence-corrected chi connectivity index (χ3v) is 3.27. The Hall–Kier alpha value is -3.48. The van der Waals surface area contributed by atoms with Gasteiger partial charge in [-0.25, -0.2) is 4.79 Å². The van der Waals surface area contributed by atoms with Gasteiger partial charge >= 0.3 is 5.97 Å². The molecule has 0 spiro atoms. The number of aromatic carboxylic acids is 1. The third-order valence-electron chi connectivity index (χ3n) is 3.27. The highest BCUT2D eigenvalue weighted by Crippen LogP contribution is 2.25. The zero-order valence-electron chi connectivity index (χ0n) is 11.9. The van der Waals surface area contributed by atoms with Gasteiger partial charge in [0.15, 0.2) is 5.69 Å². The van der Waals surface area contributed by atoms with Crippen LogP contribution in [0.4, 0.5) is 5.69 Å². The van der Waals surface area contributed by atoms with Crippen LogP contribution < -0.4 is 5.32 Å². The van der Waals surface area contributed by atoms with E-state index in [2.05, 4.69) is 27.1 Å². The van der Waals surface area contributed by atoms with Crippen molar-refractivity contribution < 1.29 is 14.7 Å². The average Bonchev–Trinajstić information content (AvgIpc) is 2.98. The lowest BCUT2D eigenvalue weighted by molar-refractivity contribution is -0.111. The SMILES string of the molecule is C=CC(=O)Nc1ccnc(-c2ccc3[nH]nc(C(=O)O)c3c2)c1.